The molecule has 0 heterocycles. The zero-order chi connectivity index (χ0) is 18.5. The third-order valence-corrected chi connectivity index (χ3v) is 127. The summed E-state index contributed by atoms with van der Waals surface area (Å²) < 4.78 is 27.7. The Morgan fingerprint density at radius 3 is 0.917 bits per heavy atom. The average Bonchev–Trinajstić information content (AvgIpc) is 2.55. The van der Waals surface area contributed by atoms with Crippen LogP contribution in [0.5, 0.6) is 0 Å². The van der Waals surface area contributed by atoms with Crippen molar-refractivity contribution in [3.05, 3.63) is 11.1 Å². The van der Waals surface area contributed by atoms with Gasteiger partial charge >= 0.3 is 398 Å². The van der Waals surface area contributed by atoms with Gasteiger partial charge in [-0.1, -0.05) is 0 Å². The van der Waals surface area contributed by atoms with E-state index in [1.165, 1.54) is 9.79 Å². The fourth-order valence-corrected chi connectivity index (χ4v) is 74.0. The molecule has 0 spiro atoms. The maximum atomic E-state index is 13.9. The Labute approximate surface area is 381 Å². The van der Waals surface area contributed by atoms with Crippen molar-refractivity contribution in [3.8, 4) is 0 Å². The van der Waals surface area contributed by atoms with Crippen molar-refractivity contribution in [1.29, 1.82) is 0 Å². The predicted octanol–water partition coefficient (Wildman–Crippen LogP) is -5.27. The van der Waals surface area contributed by atoms with Crippen molar-refractivity contribution in [2.45, 2.75) is 23.6 Å². The molecule has 0 aromatic heterocycles. The zero-order valence-electron chi connectivity index (χ0n) is 16.8. The Hall–Kier alpha value is 10.5. The van der Waals surface area contributed by atoms with E-state index < -0.39 is 11.2 Å². The normalized spacial score (nSPS) is 10.8. The van der Waals surface area contributed by atoms with Crippen LogP contribution in [0, 0.1) is 356 Å². The van der Waals surface area contributed by atoms with Crippen molar-refractivity contribution in [2.24, 2.45) is 0 Å². The second-order valence-corrected chi connectivity index (χ2v) is 41.4. The molecule has 2 rings (SSSR count). The van der Waals surface area contributed by atoms with E-state index in [1.807, 2.05) is 0 Å². The van der Waals surface area contributed by atoms with Crippen molar-refractivity contribution in [3.63, 3.8) is 0 Å². The minimum atomic E-state index is -0.774. The molecule has 0 saturated carbocycles. The number of benzene rings is 2. The molecule has 0 amide bonds. The molecular weight excluding hydrogens is 2020 g/mol. The predicted molar refractivity (Wildman–Crippen MR) is 75.3 cm³/mol. The molecule has 0 aliphatic rings. The standard InChI is InChI=1S/C14H6OS.8Ra.8H/c1-11-3-7-13(8-4-11)16(15)14-9-5-12(2)6-10-14;;;;;;;;;;;;;;;;/h1-2H3;;;;;;;;;;;;;;;;. The number of hydrogen-bond acceptors (Lipinski definition) is 1. The van der Waals surface area contributed by atoms with Crippen molar-refractivity contribution >= 4 is 16.0 Å². The van der Waals surface area contributed by atoms with Crippen LogP contribution in [0.4, 0.5) is 0 Å². The van der Waals surface area contributed by atoms with Crippen LogP contribution in [0.2, 0.25) is 0 Å². The molecule has 0 radical (unpaired) electrons. The Morgan fingerprint density at radius 1 is 0.500 bits per heavy atom. The van der Waals surface area contributed by atoms with Gasteiger partial charge in [-0.3, -0.25) is 0 Å². The molecule has 2 aromatic carbocycles. The summed E-state index contributed by atoms with van der Waals surface area (Å²) in [7, 11) is 0. The summed E-state index contributed by atoms with van der Waals surface area (Å²) in [6, 6.07) is 0. The van der Waals surface area contributed by atoms with Gasteiger partial charge in [-0.05, 0) is 0 Å². The third-order valence-electron chi connectivity index (χ3n) is 6.23. The van der Waals surface area contributed by atoms with Gasteiger partial charge in [0.2, 0.25) is 0 Å². The zero-order valence-corrected chi connectivity index (χ0v) is 83.4. The Balaban J connectivity index is 2.84. The van der Waals surface area contributed by atoms with Gasteiger partial charge in [-0.25, -0.2) is 0 Å². The van der Waals surface area contributed by atoms with Gasteiger partial charge in [-0.15, -0.1) is 0 Å². The SMILES string of the molecule is Cc1[c]([RaH])[c]([RaH])c([S+]([O-])c2[c]([RaH])[c]([RaH])c(C)[c]([RaH])[c]2[RaH])[c]([RaH])[c]1[RaH]. The van der Waals surface area contributed by atoms with E-state index in [9.17, 15) is 4.55 Å². The quantitative estimate of drug-likeness (QED) is 0.277. The van der Waals surface area contributed by atoms with Gasteiger partial charge in [0.05, 0.1) is 0 Å². The molecule has 0 aliphatic carbocycles. The van der Waals surface area contributed by atoms with Crippen molar-refractivity contribution < 1.29 is 347 Å². The van der Waals surface area contributed by atoms with Gasteiger partial charge < -0.3 is 0 Å². The Kier molecular flexibility index (Phi) is 18.5. The van der Waals surface area contributed by atoms with Gasteiger partial charge in [0.25, 0.3) is 0 Å². The minimum absolute atomic E-state index is 0.326. The molecule has 2 aromatic rings. The molecule has 0 saturated heterocycles. The van der Waals surface area contributed by atoms with Gasteiger partial charge in [0, 0.05) is 0 Å². The molecule has 0 fully saturated rings. The summed E-state index contributed by atoms with van der Waals surface area (Å²) in [6.45, 7) is 4.78. The molecule has 0 atom stereocenters. The average molecular weight is 2040 g/mol. The van der Waals surface area contributed by atoms with Crippen LogP contribution >= 0.6 is 0 Å². The first-order chi connectivity index (χ1) is 11.0. The third kappa shape index (κ3) is 7.29. The topological polar surface area (TPSA) is 23.1 Å². The van der Waals surface area contributed by atoms with Gasteiger partial charge in [0.15, 0.2) is 0 Å². The summed E-state index contributed by atoms with van der Waals surface area (Å²) in [4.78, 5) is 2.89. The first-order valence-corrected chi connectivity index (χ1v) is 42.6. The van der Waals surface area contributed by atoms with E-state index >= 15 is 0 Å². The van der Waals surface area contributed by atoms with E-state index in [1.54, 1.807) is 16.0 Å². The molecule has 0 aliphatic heterocycles. The van der Waals surface area contributed by atoms with Crippen LogP contribution in [0.3, 0.4) is 0 Å². The number of rotatable bonds is 2. The van der Waals surface area contributed by atoms with Crippen molar-refractivity contribution in [2.75, 3.05) is 0 Å². The maximum absolute atomic E-state index is 13.9. The fourth-order valence-electron chi connectivity index (χ4n) is 3.59. The molecule has 0 bridgehead atoms. The second-order valence-electron chi connectivity index (χ2n) is 7.18. The molecule has 98 valence electrons. The van der Waals surface area contributed by atoms with Crippen LogP contribution in [0.25, 0.3) is 0 Å². The molecule has 10 heteroatoms. The number of hydrogen-bond donors (Lipinski definition) is 0. The van der Waals surface area contributed by atoms with E-state index in [4.69, 9.17) is 0 Å². The van der Waals surface area contributed by atoms with E-state index in [0.717, 1.165) is 0 Å². The molecule has 24 heavy (non-hydrogen) atoms. The van der Waals surface area contributed by atoms with E-state index in [-0.39, 0.29) is 0 Å². The molecule has 0 N–H and O–H groups in total. The van der Waals surface area contributed by atoms with Crippen LogP contribution in [0.1, 0.15) is 11.1 Å². The van der Waals surface area contributed by atoms with Crippen LogP contribution in [-0.2, 0) is 11.2 Å². The summed E-state index contributed by atoms with van der Waals surface area (Å²) in [6.07, 6.45) is 0. The van der Waals surface area contributed by atoms with Crippen molar-refractivity contribution in [1.82, 2.24) is 0 Å². The first kappa shape index (κ1) is 30.7. The summed E-state index contributed by atoms with van der Waals surface area (Å²) in [5.74, 6) is 0. The molecular formula is C14H14ORa8S. The summed E-state index contributed by atoms with van der Waals surface area (Å²) in [5, 5.41) is 0. The van der Waals surface area contributed by atoms with Gasteiger partial charge in [-0.2, -0.15) is 0 Å². The van der Waals surface area contributed by atoms with E-state index in [2.05, 4.69) is 13.8 Å². The second kappa shape index (κ2) is 14.4. The van der Waals surface area contributed by atoms with Gasteiger partial charge in [0.1, 0.15) is 0 Å². The first-order valence-electron chi connectivity index (χ1n) is 8.57. The Bertz CT molecular complexity index is 724. The molecule has 0 unspecified atom stereocenters. The van der Waals surface area contributed by atoms with Crippen LogP contribution in [0.15, 0.2) is 9.79 Å². The monoisotopic (exact) mass is 2040 g/mol. The summed E-state index contributed by atoms with van der Waals surface area (Å²) in [5.41, 5.74) is 3.37. The Morgan fingerprint density at radius 2 is 0.708 bits per heavy atom. The molecule has 1 nitrogen and oxygen atoms in total. The van der Waals surface area contributed by atoms with Crippen LogP contribution < -0.4 is 4.83 Å². The van der Waals surface area contributed by atoms with E-state index in [0.29, 0.717) is 342 Å². The summed E-state index contributed by atoms with van der Waals surface area (Å²) >= 11 is 2.16. The van der Waals surface area contributed by atoms with Crippen LogP contribution in [-0.4, -0.2) is 4.55 Å². The fraction of sp³-hybridized carbons (Fsp3) is 0.143.